The summed E-state index contributed by atoms with van der Waals surface area (Å²) in [6, 6.07) is 17.9. The van der Waals surface area contributed by atoms with E-state index in [0.29, 0.717) is 88.2 Å². The third-order valence-electron chi connectivity index (χ3n) is 12.7. The molecule has 2 saturated heterocycles. The van der Waals surface area contributed by atoms with Crippen molar-refractivity contribution < 1.29 is 33.7 Å². The SMILES string of the molecule is O=C1COc2c(CCNCCN(C(=O)CCOCCc3cccc(CN4CCC5(CC4)CN(C(=O)c4ccc(-n6cccn6)nc4)CCO5)c3)C3CCCCC3)ccc(O)c2N1. The Hall–Kier alpha value is -5.35. The molecule has 15 heteroatoms. The number of benzene rings is 2. The second kappa shape index (κ2) is 20.7. The van der Waals surface area contributed by atoms with Crippen LogP contribution in [0, 0.1) is 0 Å². The number of nitrogens with zero attached hydrogens (tertiary/aromatic N) is 6. The van der Waals surface area contributed by atoms with Crippen molar-refractivity contribution >= 4 is 23.4 Å². The van der Waals surface area contributed by atoms with Gasteiger partial charge in [0.15, 0.2) is 18.2 Å². The number of morpholine rings is 1. The molecule has 2 aromatic heterocycles. The first-order valence-electron chi connectivity index (χ1n) is 22.4. The Balaban J connectivity index is 0.741. The minimum atomic E-state index is -0.327. The number of hydrogen-bond donors (Lipinski definition) is 3. The molecule has 15 nitrogen and oxygen atoms in total. The van der Waals surface area contributed by atoms with E-state index >= 15 is 0 Å². The lowest BCUT2D eigenvalue weighted by atomic mass is 9.89. The number of aromatic nitrogens is 3. The summed E-state index contributed by atoms with van der Waals surface area (Å²) < 4.78 is 19.7. The lowest BCUT2D eigenvalue weighted by Crippen LogP contribution is -2.57. The third-order valence-corrected chi connectivity index (χ3v) is 12.7. The molecule has 1 saturated carbocycles. The number of phenols is 1. The second-order valence-corrected chi connectivity index (χ2v) is 17.0. The average molecular weight is 849 g/mol. The van der Waals surface area contributed by atoms with Gasteiger partial charge in [-0.1, -0.05) is 49.6 Å². The van der Waals surface area contributed by atoms with Crippen LogP contribution in [0.3, 0.4) is 0 Å². The molecule has 62 heavy (non-hydrogen) atoms. The highest BCUT2D eigenvalue weighted by Gasteiger charge is 2.41. The van der Waals surface area contributed by atoms with E-state index in [1.54, 1.807) is 23.1 Å². The second-order valence-electron chi connectivity index (χ2n) is 17.0. The molecule has 5 heterocycles. The molecular formula is C47H60N8O7. The van der Waals surface area contributed by atoms with Crippen molar-refractivity contribution in [3.8, 4) is 17.3 Å². The van der Waals surface area contributed by atoms with Crippen LogP contribution in [0.5, 0.6) is 11.5 Å². The maximum absolute atomic E-state index is 13.6. The zero-order chi connectivity index (χ0) is 42.7. The summed E-state index contributed by atoms with van der Waals surface area (Å²) >= 11 is 0. The Kier molecular flexibility index (Phi) is 14.4. The quantitative estimate of drug-likeness (QED) is 0.0993. The third kappa shape index (κ3) is 11.0. The minimum absolute atomic E-state index is 0.00690. The Morgan fingerprint density at radius 2 is 1.84 bits per heavy atom. The number of rotatable bonds is 17. The van der Waals surface area contributed by atoms with Crippen molar-refractivity contribution in [1.82, 2.24) is 34.8 Å². The van der Waals surface area contributed by atoms with Crippen LogP contribution in [0.4, 0.5) is 5.69 Å². The average Bonchev–Trinajstić information content (AvgIpc) is 3.85. The lowest BCUT2D eigenvalue weighted by Gasteiger charge is -2.47. The van der Waals surface area contributed by atoms with Crippen molar-refractivity contribution in [3.05, 3.63) is 95.4 Å². The number of nitrogens with one attached hydrogen (secondary N) is 2. The number of hydrogen-bond acceptors (Lipinski definition) is 11. The monoisotopic (exact) mass is 848 g/mol. The molecular weight excluding hydrogens is 789 g/mol. The topological polar surface area (TPSA) is 164 Å². The van der Waals surface area contributed by atoms with Gasteiger partial charge < -0.3 is 39.8 Å². The van der Waals surface area contributed by atoms with E-state index in [4.69, 9.17) is 14.2 Å². The molecule has 3 N–H and O–H groups in total. The molecule has 1 aliphatic carbocycles. The van der Waals surface area contributed by atoms with Crippen LogP contribution >= 0.6 is 0 Å². The number of aromatic hydroxyl groups is 1. The van der Waals surface area contributed by atoms with Gasteiger partial charge in [-0.2, -0.15) is 5.10 Å². The van der Waals surface area contributed by atoms with Gasteiger partial charge in [-0.25, -0.2) is 9.67 Å². The number of anilines is 1. The molecule has 0 unspecified atom stereocenters. The fourth-order valence-corrected chi connectivity index (χ4v) is 9.27. The van der Waals surface area contributed by atoms with E-state index in [1.807, 2.05) is 35.4 Å². The van der Waals surface area contributed by atoms with Crippen LogP contribution in [0.2, 0.25) is 0 Å². The molecule has 4 aliphatic rings. The van der Waals surface area contributed by atoms with Gasteiger partial charge in [-0.15, -0.1) is 0 Å². The molecule has 4 aromatic rings. The summed E-state index contributed by atoms with van der Waals surface area (Å²) in [6.45, 7) is 7.21. The van der Waals surface area contributed by atoms with Crippen LogP contribution in [-0.2, 0) is 38.4 Å². The van der Waals surface area contributed by atoms with E-state index in [0.717, 1.165) is 70.1 Å². The zero-order valence-corrected chi connectivity index (χ0v) is 35.6. The standard InChI is InChI=1S/C47H60N8O7/c56-40-12-10-37(45-44(40)51-42(57)33-61-45)14-20-48-21-25-54(39-8-2-1-3-9-39)43(58)16-28-60-27-15-35-6-4-7-36(30-35)32-52-23-17-47(18-24-52)34-53(26-29-62-47)46(59)38-11-13-41(49-31-38)55-22-5-19-50-55/h4-7,10-13,19,22,30-31,39,48,56H,1-3,8-9,14-18,20-21,23-29,32-34H2,(H,51,57). The van der Waals surface area contributed by atoms with Crippen LogP contribution in [0.1, 0.15) is 78.4 Å². The summed E-state index contributed by atoms with van der Waals surface area (Å²) in [5.41, 5.74) is 3.97. The lowest BCUT2D eigenvalue weighted by molar-refractivity contribution is -0.135. The molecule has 3 aliphatic heterocycles. The van der Waals surface area contributed by atoms with Crippen LogP contribution in [-0.4, -0.2) is 136 Å². The number of carbonyl (C=O) groups is 3. The number of pyridine rings is 1. The maximum atomic E-state index is 13.6. The Bertz CT molecular complexity index is 2120. The zero-order valence-electron chi connectivity index (χ0n) is 35.6. The normalized spacial score (nSPS) is 17.9. The highest BCUT2D eigenvalue weighted by molar-refractivity contribution is 5.97. The molecule has 0 radical (unpaired) electrons. The number of carbonyl (C=O) groups excluding carboxylic acids is 3. The molecule has 330 valence electrons. The molecule has 3 fully saturated rings. The molecule has 2 aromatic carbocycles. The van der Waals surface area contributed by atoms with Crippen LogP contribution in [0.15, 0.2) is 73.2 Å². The predicted molar refractivity (Wildman–Crippen MR) is 233 cm³/mol. The van der Waals surface area contributed by atoms with Crippen molar-refractivity contribution in [2.45, 2.75) is 82.4 Å². The Labute approximate surface area is 363 Å². The molecule has 8 rings (SSSR count). The van der Waals surface area contributed by atoms with Crippen molar-refractivity contribution in [2.75, 3.05) is 77.6 Å². The van der Waals surface area contributed by atoms with Gasteiger partial charge in [0, 0.05) is 63.9 Å². The number of amides is 3. The van der Waals surface area contributed by atoms with Gasteiger partial charge in [-0.3, -0.25) is 19.3 Å². The first kappa shape index (κ1) is 43.3. The molecule has 1 spiro atoms. The number of fused-ring (bicyclic) bond motifs is 1. The number of phenolic OH excluding ortho intramolecular Hbond substituents is 1. The summed E-state index contributed by atoms with van der Waals surface area (Å²) in [4.78, 5) is 49.7. The van der Waals surface area contributed by atoms with Gasteiger partial charge in [-0.05, 0) is 86.0 Å². The Morgan fingerprint density at radius 1 is 0.984 bits per heavy atom. The van der Waals surface area contributed by atoms with Crippen molar-refractivity contribution in [3.63, 3.8) is 0 Å². The first-order chi connectivity index (χ1) is 30.3. The Morgan fingerprint density at radius 3 is 2.65 bits per heavy atom. The maximum Gasteiger partial charge on any atom is 0.262 e. The largest absolute Gasteiger partial charge is 0.506 e. The number of ether oxygens (including phenoxy) is 3. The van der Waals surface area contributed by atoms with E-state index in [9.17, 15) is 19.5 Å². The first-order valence-corrected chi connectivity index (χ1v) is 22.4. The van der Waals surface area contributed by atoms with Gasteiger partial charge in [0.25, 0.3) is 11.8 Å². The summed E-state index contributed by atoms with van der Waals surface area (Å²) in [6.07, 6.45) is 14.3. The van der Waals surface area contributed by atoms with E-state index in [-0.39, 0.29) is 41.7 Å². The van der Waals surface area contributed by atoms with E-state index in [1.165, 1.54) is 17.5 Å². The van der Waals surface area contributed by atoms with Crippen LogP contribution in [0.25, 0.3) is 5.82 Å². The summed E-state index contributed by atoms with van der Waals surface area (Å²) in [5.74, 6) is 1.04. The fraction of sp³-hybridized carbons (Fsp3) is 0.511. The molecule has 0 bridgehead atoms. The molecule has 3 amide bonds. The van der Waals surface area contributed by atoms with Gasteiger partial charge in [0.05, 0.1) is 44.0 Å². The summed E-state index contributed by atoms with van der Waals surface area (Å²) in [7, 11) is 0. The van der Waals surface area contributed by atoms with E-state index < -0.39 is 0 Å². The van der Waals surface area contributed by atoms with Crippen molar-refractivity contribution in [2.24, 2.45) is 0 Å². The summed E-state index contributed by atoms with van der Waals surface area (Å²) in [5, 5.41) is 20.6. The minimum Gasteiger partial charge on any atom is -0.506 e. The smallest absolute Gasteiger partial charge is 0.262 e. The van der Waals surface area contributed by atoms with E-state index in [2.05, 4.69) is 54.8 Å². The van der Waals surface area contributed by atoms with Gasteiger partial charge in [0.1, 0.15) is 11.4 Å². The van der Waals surface area contributed by atoms with Gasteiger partial charge in [0.2, 0.25) is 5.91 Å². The van der Waals surface area contributed by atoms with Crippen molar-refractivity contribution in [1.29, 1.82) is 0 Å². The highest BCUT2D eigenvalue weighted by atomic mass is 16.5. The number of likely N-dealkylation sites (tertiary alicyclic amines) is 1. The van der Waals surface area contributed by atoms with Gasteiger partial charge >= 0.3 is 0 Å². The predicted octanol–water partition coefficient (Wildman–Crippen LogP) is 4.75. The fourth-order valence-electron chi connectivity index (χ4n) is 9.27. The number of piperidine rings is 1. The molecule has 0 atom stereocenters. The highest BCUT2D eigenvalue weighted by Crippen LogP contribution is 2.39. The van der Waals surface area contributed by atoms with Crippen LogP contribution < -0.4 is 15.4 Å².